The van der Waals surface area contributed by atoms with Crippen LogP contribution in [0.2, 0.25) is 5.02 Å². The minimum absolute atomic E-state index is 0.118. The smallest absolute Gasteiger partial charge is 0.338 e. The molecule has 1 heterocycles. The lowest BCUT2D eigenvalue weighted by Crippen LogP contribution is -2.30. The zero-order valence-corrected chi connectivity index (χ0v) is 15.0. The lowest BCUT2D eigenvalue weighted by Gasteiger charge is -2.39. The molecule has 0 bridgehead atoms. The molecule has 1 aliphatic carbocycles. The van der Waals surface area contributed by atoms with Crippen molar-refractivity contribution < 1.29 is 9.53 Å². The first-order valence-electron chi connectivity index (χ1n) is 8.51. The number of carbonyl (C=O) groups is 1. The van der Waals surface area contributed by atoms with Gasteiger partial charge in [-0.1, -0.05) is 48.0 Å². The predicted octanol–water partition coefficient (Wildman–Crippen LogP) is 5.26. The number of ether oxygens (including phenoxy) is 1. The molecule has 3 atom stereocenters. The van der Waals surface area contributed by atoms with Crippen molar-refractivity contribution in [3.05, 3.63) is 75.8 Å². The topological polar surface area (TPSA) is 38.3 Å². The first-order chi connectivity index (χ1) is 12.1. The van der Waals surface area contributed by atoms with Crippen LogP contribution in [0.25, 0.3) is 0 Å². The molecule has 0 saturated heterocycles. The fourth-order valence-electron chi connectivity index (χ4n) is 4.18. The average Bonchev–Trinajstić information content (AvgIpc) is 3.11. The van der Waals surface area contributed by atoms with Crippen LogP contribution in [0.3, 0.4) is 0 Å². The number of hydrogen-bond donors (Lipinski definition) is 1. The summed E-state index contributed by atoms with van der Waals surface area (Å²) in [6.45, 7) is 1.97. The monoisotopic (exact) mass is 353 g/mol. The molecule has 4 heteroatoms. The van der Waals surface area contributed by atoms with Crippen LogP contribution in [0.4, 0.5) is 5.69 Å². The quantitative estimate of drug-likeness (QED) is 0.591. The largest absolute Gasteiger partial charge is 0.465 e. The second kappa shape index (κ2) is 6.23. The van der Waals surface area contributed by atoms with E-state index >= 15 is 0 Å². The Morgan fingerprint density at radius 3 is 2.76 bits per heavy atom. The SMILES string of the molecule is COC(=O)c1ccc2c(c1C)N[C@@H](c1ccccc1Cl)[C@H]1CC=C[C@H]21. The zero-order valence-electron chi connectivity index (χ0n) is 14.3. The van der Waals surface area contributed by atoms with E-state index in [1.165, 1.54) is 12.7 Å². The van der Waals surface area contributed by atoms with Gasteiger partial charge < -0.3 is 10.1 Å². The number of fused-ring (bicyclic) bond motifs is 3. The fourth-order valence-corrected chi connectivity index (χ4v) is 4.43. The van der Waals surface area contributed by atoms with Gasteiger partial charge in [0.1, 0.15) is 0 Å². The predicted molar refractivity (Wildman–Crippen MR) is 100 cm³/mol. The molecule has 0 amide bonds. The number of anilines is 1. The Morgan fingerprint density at radius 2 is 2.00 bits per heavy atom. The molecule has 4 rings (SSSR count). The maximum absolute atomic E-state index is 12.1. The van der Waals surface area contributed by atoms with E-state index in [2.05, 4.69) is 29.6 Å². The van der Waals surface area contributed by atoms with Crippen molar-refractivity contribution >= 4 is 23.3 Å². The molecule has 0 spiro atoms. The van der Waals surface area contributed by atoms with Gasteiger partial charge in [-0.05, 0) is 48.1 Å². The number of nitrogens with one attached hydrogen (secondary N) is 1. The Hall–Kier alpha value is -2.26. The maximum atomic E-state index is 12.1. The highest BCUT2D eigenvalue weighted by molar-refractivity contribution is 6.31. The van der Waals surface area contributed by atoms with Crippen LogP contribution in [0, 0.1) is 12.8 Å². The molecule has 0 radical (unpaired) electrons. The number of carbonyl (C=O) groups excluding carboxylic acids is 1. The van der Waals surface area contributed by atoms with E-state index in [4.69, 9.17) is 16.3 Å². The summed E-state index contributed by atoms with van der Waals surface area (Å²) in [6, 6.07) is 12.0. The number of esters is 1. The third kappa shape index (κ3) is 2.54. The third-order valence-corrected chi connectivity index (χ3v) is 5.79. The van der Waals surface area contributed by atoms with Crippen molar-refractivity contribution in [2.45, 2.75) is 25.3 Å². The highest BCUT2D eigenvalue weighted by Crippen LogP contribution is 2.51. The molecule has 3 nitrogen and oxygen atoms in total. The number of benzene rings is 2. The summed E-state index contributed by atoms with van der Waals surface area (Å²) in [5.74, 6) is 0.458. The molecule has 128 valence electrons. The summed E-state index contributed by atoms with van der Waals surface area (Å²) in [5, 5.41) is 4.45. The Labute approximate surface area is 152 Å². The van der Waals surface area contributed by atoms with E-state index in [0.29, 0.717) is 17.4 Å². The highest BCUT2D eigenvalue weighted by atomic mass is 35.5. The van der Waals surface area contributed by atoms with Crippen LogP contribution in [0.1, 0.15) is 45.4 Å². The van der Waals surface area contributed by atoms with Crippen molar-refractivity contribution in [1.29, 1.82) is 0 Å². The van der Waals surface area contributed by atoms with Crippen LogP contribution in [-0.2, 0) is 4.74 Å². The van der Waals surface area contributed by atoms with E-state index in [-0.39, 0.29) is 12.0 Å². The molecule has 0 unspecified atom stereocenters. The van der Waals surface area contributed by atoms with Gasteiger partial charge in [0.2, 0.25) is 0 Å². The second-order valence-corrected chi connectivity index (χ2v) is 7.10. The molecule has 2 aliphatic rings. The Bertz CT molecular complexity index is 874. The molecular formula is C21H20ClNO2. The summed E-state index contributed by atoms with van der Waals surface area (Å²) in [6.07, 6.45) is 5.55. The van der Waals surface area contributed by atoms with Gasteiger partial charge in [-0.15, -0.1) is 0 Å². The van der Waals surface area contributed by atoms with Crippen molar-refractivity contribution in [2.75, 3.05) is 12.4 Å². The molecule has 0 saturated carbocycles. The first kappa shape index (κ1) is 16.2. The molecule has 2 aromatic carbocycles. The summed E-state index contributed by atoms with van der Waals surface area (Å²) < 4.78 is 4.92. The Kier molecular flexibility index (Phi) is 4.04. The number of rotatable bonds is 2. The second-order valence-electron chi connectivity index (χ2n) is 6.69. The summed E-state index contributed by atoms with van der Waals surface area (Å²) in [7, 11) is 1.41. The van der Waals surface area contributed by atoms with Crippen LogP contribution < -0.4 is 5.32 Å². The highest BCUT2D eigenvalue weighted by Gasteiger charge is 2.39. The van der Waals surface area contributed by atoms with Crippen molar-refractivity contribution in [1.82, 2.24) is 0 Å². The van der Waals surface area contributed by atoms with E-state index in [1.807, 2.05) is 31.2 Å². The van der Waals surface area contributed by atoms with Gasteiger partial charge in [0.05, 0.1) is 18.7 Å². The van der Waals surface area contributed by atoms with Crippen molar-refractivity contribution in [2.24, 2.45) is 5.92 Å². The van der Waals surface area contributed by atoms with Gasteiger partial charge in [-0.2, -0.15) is 0 Å². The standard InChI is InChI=1S/C21H20ClNO2/c1-12-13(21(24)25-2)10-11-16-14-7-5-8-15(14)20(23-19(12)16)17-6-3-4-9-18(17)22/h3-7,9-11,14-15,20,23H,8H2,1-2H3/t14-,15-,20+/m0/s1. The van der Waals surface area contributed by atoms with Crippen LogP contribution in [-0.4, -0.2) is 13.1 Å². The van der Waals surface area contributed by atoms with Crippen LogP contribution in [0.5, 0.6) is 0 Å². The molecule has 1 aliphatic heterocycles. The molecule has 0 fully saturated rings. The lowest BCUT2D eigenvalue weighted by atomic mass is 9.76. The van der Waals surface area contributed by atoms with Crippen LogP contribution in [0.15, 0.2) is 48.6 Å². The van der Waals surface area contributed by atoms with Gasteiger partial charge in [-0.3, -0.25) is 0 Å². The normalized spacial score (nSPS) is 23.6. The van der Waals surface area contributed by atoms with Gasteiger partial charge in [-0.25, -0.2) is 4.79 Å². The van der Waals surface area contributed by atoms with Gasteiger partial charge in [0, 0.05) is 16.6 Å². The van der Waals surface area contributed by atoms with Gasteiger partial charge in [0.15, 0.2) is 0 Å². The fraction of sp³-hybridized carbons (Fsp3) is 0.286. The van der Waals surface area contributed by atoms with E-state index in [1.54, 1.807) is 0 Å². The minimum atomic E-state index is -0.305. The maximum Gasteiger partial charge on any atom is 0.338 e. The van der Waals surface area contributed by atoms with Gasteiger partial charge in [0.25, 0.3) is 0 Å². The summed E-state index contributed by atoms with van der Waals surface area (Å²) >= 11 is 6.48. The van der Waals surface area contributed by atoms with E-state index < -0.39 is 0 Å². The molecule has 0 aromatic heterocycles. The number of methoxy groups -OCH3 is 1. The Balaban J connectivity index is 1.85. The van der Waals surface area contributed by atoms with Crippen molar-refractivity contribution in [3.63, 3.8) is 0 Å². The summed E-state index contributed by atoms with van der Waals surface area (Å²) in [5.41, 5.74) is 4.91. The number of allylic oxidation sites excluding steroid dienone is 2. The first-order valence-corrected chi connectivity index (χ1v) is 8.89. The lowest BCUT2D eigenvalue weighted by molar-refractivity contribution is 0.0600. The number of halogens is 1. The molecule has 1 N–H and O–H groups in total. The molecular weight excluding hydrogens is 334 g/mol. The Morgan fingerprint density at radius 1 is 1.20 bits per heavy atom. The molecule has 25 heavy (non-hydrogen) atoms. The minimum Gasteiger partial charge on any atom is -0.465 e. The number of hydrogen-bond acceptors (Lipinski definition) is 3. The third-order valence-electron chi connectivity index (χ3n) is 5.44. The van der Waals surface area contributed by atoms with Gasteiger partial charge >= 0.3 is 5.97 Å². The van der Waals surface area contributed by atoms with Crippen molar-refractivity contribution in [3.8, 4) is 0 Å². The zero-order chi connectivity index (χ0) is 17.6. The average molecular weight is 354 g/mol. The van der Waals surface area contributed by atoms with E-state index in [9.17, 15) is 4.79 Å². The van der Waals surface area contributed by atoms with Crippen LogP contribution >= 0.6 is 11.6 Å². The summed E-state index contributed by atoms with van der Waals surface area (Å²) in [4.78, 5) is 12.1. The van der Waals surface area contributed by atoms with E-state index in [0.717, 1.165) is 28.3 Å². The molecule has 2 aromatic rings.